The van der Waals surface area contributed by atoms with Gasteiger partial charge in [0.05, 0.1) is 0 Å². The van der Waals surface area contributed by atoms with Crippen LogP contribution >= 0.6 is 0 Å². The van der Waals surface area contributed by atoms with Crippen LogP contribution < -0.4 is 10.1 Å². The Bertz CT molecular complexity index is 849. The number of likely N-dealkylation sites (tertiary alicyclic amines) is 1. The molecular formula is C25H37N3O2. The van der Waals surface area contributed by atoms with Crippen LogP contribution in [0, 0.1) is 0 Å². The first-order chi connectivity index (χ1) is 14.4. The summed E-state index contributed by atoms with van der Waals surface area (Å²) in [5.74, 6) is 1.04. The zero-order valence-electron chi connectivity index (χ0n) is 19.0. The van der Waals surface area contributed by atoms with Crippen molar-refractivity contribution in [3.05, 3.63) is 36.0 Å². The fourth-order valence-corrected chi connectivity index (χ4v) is 4.32. The van der Waals surface area contributed by atoms with Gasteiger partial charge in [0.15, 0.2) is 0 Å². The van der Waals surface area contributed by atoms with Gasteiger partial charge in [-0.25, -0.2) is 0 Å². The molecule has 1 atom stereocenters. The van der Waals surface area contributed by atoms with Crippen LogP contribution in [0.15, 0.2) is 30.5 Å². The van der Waals surface area contributed by atoms with Gasteiger partial charge in [-0.1, -0.05) is 26.3 Å². The van der Waals surface area contributed by atoms with Gasteiger partial charge < -0.3 is 10.1 Å². The van der Waals surface area contributed by atoms with Crippen LogP contribution in [-0.4, -0.2) is 47.1 Å². The summed E-state index contributed by atoms with van der Waals surface area (Å²) in [6.07, 6.45) is 7.88. The van der Waals surface area contributed by atoms with Crippen molar-refractivity contribution < 1.29 is 9.53 Å². The van der Waals surface area contributed by atoms with E-state index in [4.69, 9.17) is 4.74 Å². The number of carbonyl (C=O) groups excluding carboxylic acids is 1. The van der Waals surface area contributed by atoms with Crippen LogP contribution in [0.25, 0.3) is 10.9 Å². The van der Waals surface area contributed by atoms with Gasteiger partial charge in [0.1, 0.15) is 17.4 Å². The lowest BCUT2D eigenvalue weighted by molar-refractivity contribution is -0.122. The first-order valence-electron chi connectivity index (χ1n) is 11.5. The maximum absolute atomic E-state index is 12.0. The number of amides is 1. The lowest BCUT2D eigenvalue weighted by Gasteiger charge is -2.31. The van der Waals surface area contributed by atoms with Crippen molar-refractivity contribution in [2.45, 2.75) is 77.9 Å². The highest BCUT2D eigenvalue weighted by molar-refractivity contribution is 5.85. The van der Waals surface area contributed by atoms with Crippen molar-refractivity contribution in [1.82, 2.24) is 15.2 Å². The fourth-order valence-electron chi connectivity index (χ4n) is 4.32. The highest BCUT2D eigenvalue weighted by Crippen LogP contribution is 2.29. The minimum atomic E-state index is -0.241. The smallest absolute Gasteiger partial charge is 0.220 e. The number of unbranched alkanes of at least 4 members (excludes halogenated alkanes) is 1. The first-order valence-corrected chi connectivity index (χ1v) is 11.5. The third-order valence-electron chi connectivity index (χ3n) is 5.65. The van der Waals surface area contributed by atoms with E-state index in [-0.39, 0.29) is 17.6 Å². The van der Waals surface area contributed by atoms with Gasteiger partial charge in [-0.05, 0) is 63.3 Å². The molecule has 2 heterocycles. The predicted molar refractivity (Wildman–Crippen MR) is 123 cm³/mol. The summed E-state index contributed by atoms with van der Waals surface area (Å²) in [6.45, 7) is 11.1. The molecule has 2 aromatic rings. The summed E-state index contributed by atoms with van der Waals surface area (Å²) in [7, 11) is 0. The molecule has 0 spiro atoms. The van der Waals surface area contributed by atoms with Crippen LogP contribution in [0.2, 0.25) is 0 Å². The molecule has 1 amide bonds. The standard InChI is InChI=1S/C25H37N3O2/c1-5-7-10-19-15-20-11-8-13-26-24(20)22(16-19)30-21-12-14-28(17-21)18-25(3,4)27-23(29)9-6-2/h8,11,13,15-16,21H,5-7,9-10,12,14,17-18H2,1-4H3,(H,27,29)/t21-/m1/s1. The van der Waals surface area contributed by atoms with E-state index in [1.807, 2.05) is 19.2 Å². The van der Waals surface area contributed by atoms with Gasteiger partial charge in [-0.15, -0.1) is 0 Å². The van der Waals surface area contributed by atoms with E-state index in [1.165, 1.54) is 18.4 Å². The zero-order valence-corrected chi connectivity index (χ0v) is 19.0. The molecule has 1 aromatic carbocycles. The molecule has 1 aliphatic heterocycles. The van der Waals surface area contributed by atoms with Crippen molar-refractivity contribution >= 4 is 16.8 Å². The molecule has 1 N–H and O–H groups in total. The highest BCUT2D eigenvalue weighted by Gasteiger charge is 2.30. The van der Waals surface area contributed by atoms with E-state index >= 15 is 0 Å². The van der Waals surface area contributed by atoms with Gasteiger partial charge in [0.2, 0.25) is 5.91 Å². The highest BCUT2D eigenvalue weighted by atomic mass is 16.5. The number of nitrogens with one attached hydrogen (secondary N) is 1. The molecule has 0 unspecified atom stereocenters. The van der Waals surface area contributed by atoms with E-state index in [2.05, 4.69) is 54.2 Å². The molecule has 30 heavy (non-hydrogen) atoms. The Morgan fingerprint density at radius 1 is 1.30 bits per heavy atom. The molecule has 1 aromatic heterocycles. The second-order valence-electron chi connectivity index (χ2n) is 9.22. The number of pyridine rings is 1. The van der Waals surface area contributed by atoms with Crippen LogP contribution in [0.5, 0.6) is 5.75 Å². The first kappa shape index (κ1) is 22.5. The van der Waals surface area contributed by atoms with Gasteiger partial charge in [-0.3, -0.25) is 14.7 Å². The summed E-state index contributed by atoms with van der Waals surface area (Å²) < 4.78 is 6.48. The third-order valence-corrected chi connectivity index (χ3v) is 5.65. The molecule has 1 aliphatic rings. The number of ether oxygens (including phenoxy) is 1. The number of fused-ring (bicyclic) bond motifs is 1. The SMILES string of the molecule is CCCCc1cc(O[C@@H]2CCN(CC(C)(C)NC(=O)CCC)C2)c2ncccc2c1. The van der Waals surface area contributed by atoms with E-state index < -0.39 is 0 Å². The van der Waals surface area contributed by atoms with Gasteiger partial charge in [0, 0.05) is 43.2 Å². The summed E-state index contributed by atoms with van der Waals surface area (Å²) in [5, 5.41) is 4.32. The lowest BCUT2D eigenvalue weighted by Crippen LogP contribution is -2.51. The maximum atomic E-state index is 12.0. The maximum Gasteiger partial charge on any atom is 0.220 e. The molecule has 5 heteroatoms. The minimum Gasteiger partial charge on any atom is -0.487 e. The fraction of sp³-hybridized carbons (Fsp3) is 0.600. The monoisotopic (exact) mass is 411 g/mol. The van der Waals surface area contributed by atoms with Crippen LogP contribution in [0.4, 0.5) is 0 Å². The Labute approximate surface area is 181 Å². The van der Waals surface area contributed by atoms with Crippen LogP contribution in [0.3, 0.4) is 0 Å². The molecule has 1 saturated heterocycles. The molecule has 3 rings (SSSR count). The predicted octanol–water partition coefficient (Wildman–Crippen LogP) is 4.73. The largest absolute Gasteiger partial charge is 0.487 e. The second kappa shape index (κ2) is 10.3. The number of hydrogen-bond donors (Lipinski definition) is 1. The molecule has 0 saturated carbocycles. The van der Waals surface area contributed by atoms with Gasteiger partial charge >= 0.3 is 0 Å². The molecule has 1 fully saturated rings. The quantitative estimate of drug-likeness (QED) is 0.614. The Morgan fingerprint density at radius 3 is 2.90 bits per heavy atom. The van der Waals surface area contributed by atoms with E-state index in [1.54, 1.807) is 0 Å². The number of aryl methyl sites for hydroxylation is 1. The average molecular weight is 412 g/mol. The molecule has 0 radical (unpaired) electrons. The Balaban J connectivity index is 1.65. The lowest BCUT2D eigenvalue weighted by atomic mass is 10.0. The Morgan fingerprint density at radius 2 is 2.13 bits per heavy atom. The van der Waals surface area contributed by atoms with E-state index in [9.17, 15) is 4.79 Å². The van der Waals surface area contributed by atoms with Crippen molar-refractivity contribution in [3.63, 3.8) is 0 Å². The molecular weight excluding hydrogens is 374 g/mol. The summed E-state index contributed by atoms with van der Waals surface area (Å²) >= 11 is 0. The van der Waals surface area contributed by atoms with Crippen molar-refractivity contribution in [2.24, 2.45) is 0 Å². The van der Waals surface area contributed by atoms with E-state index in [0.717, 1.165) is 55.5 Å². The van der Waals surface area contributed by atoms with Crippen LogP contribution in [0.1, 0.15) is 65.4 Å². The second-order valence-corrected chi connectivity index (χ2v) is 9.22. The number of rotatable bonds is 10. The average Bonchev–Trinajstić information content (AvgIpc) is 3.12. The number of aromatic nitrogens is 1. The van der Waals surface area contributed by atoms with Crippen molar-refractivity contribution in [2.75, 3.05) is 19.6 Å². The van der Waals surface area contributed by atoms with Gasteiger partial charge in [-0.2, -0.15) is 0 Å². The number of hydrogen-bond acceptors (Lipinski definition) is 4. The topological polar surface area (TPSA) is 54.5 Å². The molecule has 5 nitrogen and oxygen atoms in total. The number of benzene rings is 1. The van der Waals surface area contributed by atoms with Crippen molar-refractivity contribution in [1.29, 1.82) is 0 Å². The normalized spacial score (nSPS) is 17.4. The minimum absolute atomic E-state index is 0.135. The molecule has 0 bridgehead atoms. The van der Waals surface area contributed by atoms with Crippen molar-refractivity contribution in [3.8, 4) is 5.75 Å². The Hall–Kier alpha value is -2.14. The number of carbonyl (C=O) groups is 1. The summed E-state index contributed by atoms with van der Waals surface area (Å²) in [5.41, 5.74) is 2.03. The van der Waals surface area contributed by atoms with Gasteiger partial charge in [0.25, 0.3) is 0 Å². The zero-order chi connectivity index (χ0) is 21.6. The molecule has 164 valence electrons. The number of nitrogens with zero attached hydrogens (tertiary/aromatic N) is 2. The van der Waals surface area contributed by atoms with Crippen LogP contribution in [-0.2, 0) is 11.2 Å². The summed E-state index contributed by atoms with van der Waals surface area (Å²) in [6, 6.07) is 8.53. The summed E-state index contributed by atoms with van der Waals surface area (Å²) in [4.78, 5) is 19.0. The third kappa shape index (κ3) is 6.18. The van der Waals surface area contributed by atoms with E-state index in [0.29, 0.717) is 6.42 Å². The Kier molecular flexibility index (Phi) is 7.70. The molecule has 0 aliphatic carbocycles.